The highest BCUT2D eigenvalue weighted by Crippen LogP contribution is 2.22. The van der Waals surface area contributed by atoms with Gasteiger partial charge < -0.3 is 15.8 Å². The summed E-state index contributed by atoms with van der Waals surface area (Å²) in [5.74, 6) is 0.256. The zero-order valence-corrected chi connectivity index (χ0v) is 11.6. The van der Waals surface area contributed by atoms with Gasteiger partial charge in [-0.3, -0.25) is 4.79 Å². The minimum absolute atomic E-state index is 0.0147. The van der Waals surface area contributed by atoms with Crippen LogP contribution in [0.15, 0.2) is 24.3 Å². The van der Waals surface area contributed by atoms with Gasteiger partial charge in [0.15, 0.2) is 0 Å². The van der Waals surface area contributed by atoms with Crippen LogP contribution < -0.4 is 15.8 Å². The van der Waals surface area contributed by atoms with Crippen LogP contribution in [0.4, 0.5) is 18.9 Å². The monoisotopic (exact) mass is 304 g/mol. The average molecular weight is 304 g/mol. The molecule has 0 fully saturated rings. The number of rotatable bonds is 8. The predicted octanol–water partition coefficient (Wildman–Crippen LogP) is 2.89. The Labute approximate surface area is 121 Å². The van der Waals surface area contributed by atoms with Gasteiger partial charge in [0.05, 0.1) is 18.7 Å². The van der Waals surface area contributed by atoms with E-state index in [9.17, 15) is 18.0 Å². The van der Waals surface area contributed by atoms with E-state index in [1.807, 2.05) is 0 Å². The van der Waals surface area contributed by atoms with Crippen molar-refractivity contribution in [2.45, 2.75) is 31.9 Å². The number of ether oxygens (including phenoxy) is 1. The number of hydrogen-bond acceptors (Lipinski definition) is 3. The molecule has 0 spiro atoms. The number of carbonyl (C=O) groups is 1. The Morgan fingerprint density at radius 2 is 1.95 bits per heavy atom. The van der Waals surface area contributed by atoms with Gasteiger partial charge in [-0.1, -0.05) is 12.1 Å². The molecule has 0 aliphatic heterocycles. The highest BCUT2D eigenvalue weighted by atomic mass is 19.4. The maximum absolute atomic E-state index is 11.9. The smallest absolute Gasteiger partial charge is 0.389 e. The first-order valence-corrected chi connectivity index (χ1v) is 6.69. The van der Waals surface area contributed by atoms with Crippen molar-refractivity contribution in [1.29, 1.82) is 0 Å². The molecule has 1 rings (SSSR count). The molecule has 0 bridgehead atoms. The van der Waals surface area contributed by atoms with Gasteiger partial charge in [0, 0.05) is 13.0 Å². The summed E-state index contributed by atoms with van der Waals surface area (Å²) in [6.07, 6.45) is -4.50. The van der Waals surface area contributed by atoms with Crippen molar-refractivity contribution < 1.29 is 22.7 Å². The SMILES string of the molecule is Nc1ccccc1OCCC(=O)NCCCCC(F)(F)F. The van der Waals surface area contributed by atoms with E-state index in [1.165, 1.54) is 0 Å². The molecular weight excluding hydrogens is 285 g/mol. The van der Waals surface area contributed by atoms with Crippen LogP contribution in [-0.2, 0) is 4.79 Å². The number of unbranched alkanes of at least 4 members (excludes halogenated alkanes) is 1. The summed E-state index contributed by atoms with van der Waals surface area (Å²) in [7, 11) is 0. The molecule has 0 heterocycles. The van der Waals surface area contributed by atoms with Gasteiger partial charge in [-0.05, 0) is 25.0 Å². The first-order chi connectivity index (χ1) is 9.88. The van der Waals surface area contributed by atoms with Crippen molar-refractivity contribution in [2.75, 3.05) is 18.9 Å². The van der Waals surface area contributed by atoms with Gasteiger partial charge in [0.2, 0.25) is 5.91 Å². The average Bonchev–Trinajstić information content (AvgIpc) is 2.39. The predicted molar refractivity (Wildman–Crippen MR) is 73.9 cm³/mol. The second-order valence-electron chi connectivity index (χ2n) is 4.56. The number of nitrogens with two attached hydrogens (primary N) is 1. The molecule has 1 aromatic carbocycles. The van der Waals surface area contributed by atoms with E-state index in [1.54, 1.807) is 24.3 Å². The van der Waals surface area contributed by atoms with Crippen LogP contribution in [0.5, 0.6) is 5.75 Å². The molecule has 1 aromatic rings. The Kier molecular flexibility index (Phi) is 6.84. The number of halogens is 3. The first-order valence-electron chi connectivity index (χ1n) is 6.69. The van der Waals surface area contributed by atoms with Crippen LogP contribution in [0, 0.1) is 0 Å². The third-order valence-electron chi connectivity index (χ3n) is 2.71. The molecule has 1 amide bonds. The largest absolute Gasteiger partial charge is 0.491 e. The molecule has 0 unspecified atom stereocenters. The van der Waals surface area contributed by atoms with Crippen LogP contribution in [0.1, 0.15) is 25.7 Å². The van der Waals surface area contributed by atoms with Gasteiger partial charge in [0.1, 0.15) is 5.75 Å². The number of carbonyl (C=O) groups excluding carboxylic acids is 1. The molecule has 0 saturated heterocycles. The molecule has 21 heavy (non-hydrogen) atoms. The van der Waals surface area contributed by atoms with E-state index in [0.717, 1.165) is 0 Å². The van der Waals surface area contributed by atoms with Crippen LogP contribution in [0.2, 0.25) is 0 Å². The Balaban J connectivity index is 2.08. The molecule has 3 N–H and O–H groups in total. The number of para-hydroxylation sites is 2. The summed E-state index contributed by atoms with van der Waals surface area (Å²) in [5.41, 5.74) is 6.16. The van der Waals surface area contributed by atoms with Crippen LogP contribution in [-0.4, -0.2) is 25.2 Å². The Morgan fingerprint density at radius 3 is 2.62 bits per heavy atom. The molecule has 4 nitrogen and oxygen atoms in total. The third-order valence-corrected chi connectivity index (χ3v) is 2.71. The zero-order chi connectivity index (χ0) is 15.7. The summed E-state index contributed by atoms with van der Waals surface area (Å²) in [4.78, 5) is 11.4. The van der Waals surface area contributed by atoms with Crippen LogP contribution in [0.25, 0.3) is 0 Å². The van der Waals surface area contributed by atoms with Gasteiger partial charge >= 0.3 is 6.18 Å². The molecule has 0 radical (unpaired) electrons. The fourth-order valence-corrected chi connectivity index (χ4v) is 1.63. The number of nitrogen functional groups attached to an aromatic ring is 1. The lowest BCUT2D eigenvalue weighted by Gasteiger charge is -2.09. The zero-order valence-electron chi connectivity index (χ0n) is 11.6. The number of hydrogen-bond donors (Lipinski definition) is 2. The molecule has 0 aliphatic carbocycles. The standard InChI is InChI=1S/C14H19F3N2O2/c15-14(16,17)8-3-4-9-19-13(20)7-10-21-12-6-2-1-5-11(12)18/h1-2,5-6H,3-4,7-10,18H2,(H,19,20). The lowest BCUT2D eigenvalue weighted by atomic mass is 10.2. The number of nitrogens with one attached hydrogen (secondary N) is 1. The van der Waals surface area contributed by atoms with E-state index >= 15 is 0 Å². The van der Waals surface area contributed by atoms with Gasteiger partial charge in [-0.2, -0.15) is 13.2 Å². The van der Waals surface area contributed by atoms with Crippen molar-refractivity contribution in [3.05, 3.63) is 24.3 Å². The maximum Gasteiger partial charge on any atom is 0.389 e. The van der Waals surface area contributed by atoms with Crippen molar-refractivity contribution in [3.8, 4) is 5.75 Å². The summed E-state index contributed by atoms with van der Waals surface area (Å²) in [6.45, 7) is 0.408. The Bertz CT molecular complexity index is 450. The van der Waals surface area contributed by atoms with Gasteiger partial charge in [-0.25, -0.2) is 0 Å². The van der Waals surface area contributed by atoms with Crippen molar-refractivity contribution in [2.24, 2.45) is 0 Å². The molecule has 0 aliphatic rings. The lowest BCUT2D eigenvalue weighted by molar-refractivity contribution is -0.135. The first kappa shape index (κ1) is 17.1. The van der Waals surface area contributed by atoms with Crippen molar-refractivity contribution in [1.82, 2.24) is 5.32 Å². The lowest BCUT2D eigenvalue weighted by Crippen LogP contribution is -2.26. The van der Waals surface area contributed by atoms with E-state index in [0.29, 0.717) is 17.9 Å². The second kappa shape index (κ2) is 8.39. The highest BCUT2D eigenvalue weighted by molar-refractivity contribution is 5.75. The molecule has 0 saturated carbocycles. The number of amides is 1. The number of benzene rings is 1. The van der Waals surface area contributed by atoms with Crippen molar-refractivity contribution in [3.63, 3.8) is 0 Å². The number of anilines is 1. The Hall–Kier alpha value is -1.92. The summed E-state index contributed by atoms with van der Waals surface area (Å²) in [6, 6.07) is 6.93. The van der Waals surface area contributed by atoms with E-state index in [-0.39, 0.29) is 31.9 Å². The van der Waals surface area contributed by atoms with Crippen molar-refractivity contribution >= 4 is 11.6 Å². The summed E-state index contributed by atoms with van der Waals surface area (Å²) >= 11 is 0. The molecule has 0 aromatic heterocycles. The summed E-state index contributed by atoms with van der Waals surface area (Å²) < 4.78 is 41.0. The number of alkyl halides is 3. The minimum Gasteiger partial charge on any atom is -0.491 e. The fourth-order valence-electron chi connectivity index (χ4n) is 1.63. The quantitative estimate of drug-likeness (QED) is 0.573. The fraction of sp³-hybridized carbons (Fsp3) is 0.500. The Morgan fingerprint density at radius 1 is 1.24 bits per heavy atom. The normalized spacial score (nSPS) is 11.2. The van der Waals surface area contributed by atoms with E-state index < -0.39 is 12.6 Å². The molecule has 0 atom stereocenters. The van der Waals surface area contributed by atoms with Crippen LogP contribution in [0.3, 0.4) is 0 Å². The topological polar surface area (TPSA) is 64.3 Å². The van der Waals surface area contributed by atoms with Crippen LogP contribution >= 0.6 is 0 Å². The maximum atomic E-state index is 11.9. The van der Waals surface area contributed by atoms with E-state index in [4.69, 9.17) is 10.5 Å². The highest BCUT2D eigenvalue weighted by Gasteiger charge is 2.25. The minimum atomic E-state index is -4.13. The summed E-state index contributed by atoms with van der Waals surface area (Å²) in [5, 5.41) is 2.55. The second-order valence-corrected chi connectivity index (χ2v) is 4.56. The third kappa shape index (κ3) is 8.06. The van der Waals surface area contributed by atoms with Gasteiger partial charge in [-0.15, -0.1) is 0 Å². The van der Waals surface area contributed by atoms with E-state index in [2.05, 4.69) is 5.32 Å². The molecule has 7 heteroatoms. The molecule has 118 valence electrons. The molecular formula is C14H19F3N2O2. The van der Waals surface area contributed by atoms with Gasteiger partial charge in [0.25, 0.3) is 0 Å².